The van der Waals surface area contributed by atoms with E-state index in [1.807, 2.05) is 4.52 Å². The third-order valence-electron chi connectivity index (χ3n) is 3.21. The van der Waals surface area contributed by atoms with Crippen molar-refractivity contribution in [3.05, 3.63) is 10.8 Å². The predicted octanol–water partition coefficient (Wildman–Crippen LogP) is 1.34. The lowest BCUT2D eigenvalue weighted by Gasteiger charge is -2.03. The van der Waals surface area contributed by atoms with Crippen LogP contribution in [-0.4, -0.2) is 25.9 Å². The second-order valence-corrected chi connectivity index (χ2v) is 5.36. The highest BCUT2D eigenvalue weighted by atomic mass is 32.1. The number of rotatable bonds is 2. The van der Waals surface area contributed by atoms with Gasteiger partial charge in [0, 0.05) is 18.4 Å². The molecule has 0 spiro atoms. The number of nitrogens with zero attached hydrogens (tertiary/aromatic N) is 4. The molecule has 0 bridgehead atoms. The summed E-state index contributed by atoms with van der Waals surface area (Å²) in [5.74, 6) is 1.48. The smallest absolute Gasteiger partial charge is 0.234 e. The van der Waals surface area contributed by atoms with Crippen LogP contribution in [0.25, 0.3) is 4.96 Å². The van der Waals surface area contributed by atoms with Crippen LogP contribution in [0.2, 0.25) is 0 Å². The van der Waals surface area contributed by atoms with Crippen LogP contribution in [0.15, 0.2) is 0 Å². The van der Waals surface area contributed by atoms with Crippen LogP contribution in [-0.2, 0) is 6.42 Å². The molecule has 2 N–H and O–H groups in total. The Morgan fingerprint density at radius 3 is 3.00 bits per heavy atom. The van der Waals surface area contributed by atoms with E-state index in [1.54, 1.807) is 11.3 Å². The minimum absolute atomic E-state index is 0.352. The monoisotopic (exact) mass is 237 g/mol. The summed E-state index contributed by atoms with van der Waals surface area (Å²) in [6, 6.07) is 0.352. The van der Waals surface area contributed by atoms with Crippen molar-refractivity contribution in [2.75, 3.05) is 0 Å². The van der Waals surface area contributed by atoms with Gasteiger partial charge in [-0.2, -0.15) is 9.61 Å². The Hall–Kier alpha value is -1.01. The molecule has 0 unspecified atom stereocenters. The van der Waals surface area contributed by atoms with E-state index in [0.717, 1.165) is 36.5 Å². The van der Waals surface area contributed by atoms with Gasteiger partial charge >= 0.3 is 0 Å². The van der Waals surface area contributed by atoms with Crippen molar-refractivity contribution in [3.8, 4) is 0 Å². The molecule has 0 aromatic carbocycles. The van der Waals surface area contributed by atoms with E-state index in [4.69, 9.17) is 5.73 Å². The molecule has 86 valence electrons. The first-order chi connectivity index (χ1) is 7.78. The highest BCUT2D eigenvalue weighted by molar-refractivity contribution is 7.16. The van der Waals surface area contributed by atoms with Crippen LogP contribution in [0.1, 0.15) is 42.9 Å². The van der Waals surface area contributed by atoms with Crippen LogP contribution in [0, 0.1) is 0 Å². The molecular weight excluding hydrogens is 222 g/mol. The maximum atomic E-state index is 5.93. The summed E-state index contributed by atoms with van der Waals surface area (Å²) in [5, 5.41) is 14.0. The number of hydrogen-bond acceptors (Lipinski definition) is 5. The molecule has 0 amide bonds. The summed E-state index contributed by atoms with van der Waals surface area (Å²) in [5.41, 5.74) is 5.93. The van der Waals surface area contributed by atoms with Gasteiger partial charge in [-0.3, -0.25) is 0 Å². The lowest BCUT2D eigenvalue weighted by atomic mass is 10.1. The van der Waals surface area contributed by atoms with Crippen molar-refractivity contribution in [1.29, 1.82) is 0 Å². The molecule has 0 saturated heterocycles. The first kappa shape index (κ1) is 10.2. The standard InChI is InChI=1S/C10H15N5S/c1-2-8-12-13-10-15(8)14-9(16-10)6-3-4-7(11)5-6/h6-7H,2-5,11H2,1H3/t6-,7+/m1/s1. The van der Waals surface area contributed by atoms with Crippen LogP contribution in [0.5, 0.6) is 0 Å². The lowest BCUT2D eigenvalue weighted by Crippen LogP contribution is -2.14. The maximum absolute atomic E-state index is 5.93. The predicted molar refractivity (Wildman–Crippen MR) is 62.6 cm³/mol. The SMILES string of the molecule is CCc1nnc2sc([C@@H]3CC[C@H](N)C3)nn12. The molecule has 2 aromatic rings. The number of fused-ring (bicyclic) bond motifs is 1. The molecule has 1 saturated carbocycles. The summed E-state index contributed by atoms with van der Waals surface area (Å²) >= 11 is 1.66. The van der Waals surface area contributed by atoms with Gasteiger partial charge in [0.2, 0.25) is 4.96 Å². The molecule has 1 aliphatic rings. The second kappa shape index (κ2) is 3.78. The summed E-state index contributed by atoms with van der Waals surface area (Å²) in [4.78, 5) is 0.910. The zero-order valence-electron chi connectivity index (χ0n) is 9.26. The minimum atomic E-state index is 0.352. The largest absolute Gasteiger partial charge is 0.328 e. The van der Waals surface area contributed by atoms with Gasteiger partial charge in [-0.15, -0.1) is 10.2 Å². The van der Waals surface area contributed by atoms with Gasteiger partial charge in [0.1, 0.15) is 5.01 Å². The lowest BCUT2D eigenvalue weighted by molar-refractivity contribution is 0.658. The fourth-order valence-corrected chi connectivity index (χ4v) is 3.30. The number of aromatic nitrogens is 4. The Morgan fingerprint density at radius 1 is 1.44 bits per heavy atom. The molecule has 5 nitrogen and oxygen atoms in total. The summed E-state index contributed by atoms with van der Waals surface area (Å²) in [6.07, 6.45) is 4.21. The zero-order chi connectivity index (χ0) is 11.1. The molecular formula is C10H15N5S. The Labute approximate surface area is 97.7 Å². The van der Waals surface area contributed by atoms with Gasteiger partial charge in [-0.25, -0.2) is 0 Å². The molecule has 1 fully saturated rings. The molecule has 1 aliphatic carbocycles. The van der Waals surface area contributed by atoms with E-state index in [2.05, 4.69) is 22.2 Å². The van der Waals surface area contributed by atoms with Crippen LogP contribution in [0.4, 0.5) is 0 Å². The fourth-order valence-electron chi connectivity index (χ4n) is 2.30. The van der Waals surface area contributed by atoms with Crippen molar-refractivity contribution in [3.63, 3.8) is 0 Å². The van der Waals surface area contributed by atoms with Crippen molar-refractivity contribution >= 4 is 16.3 Å². The van der Waals surface area contributed by atoms with Crippen molar-refractivity contribution in [1.82, 2.24) is 19.8 Å². The van der Waals surface area contributed by atoms with E-state index >= 15 is 0 Å². The molecule has 2 heterocycles. The molecule has 3 rings (SSSR count). The molecule has 0 radical (unpaired) electrons. The first-order valence-corrected chi connectivity index (χ1v) is 6.56. The van der Waals surface area contributed by atoms with Crippen LogP contribution < -0.4 is 5.73 Å². The fraction of sp³-hybridized carbons (Fsp3) is 0.700. The maximum Gasteiger partial charge on any atom is 0.234 e. The zero-order valence-corrected chi connectivity index (χ0v) is 10.1. The van der Waals surface area contributed by atoms with Gasteiger partial charge < -0.3 is 5.73 Å². The molecule has 6 heteroatoms. The van der Waals surface area contributed by atoms with Gasteiger partial charge in [-0.05, 0) is 19.3 Å². The van der Waals surface area contributed by atoms with Gasteiger partial charge in [0.15, 0.2) is 5.82 Å². The third kappa shape index (κ3) is 1.53. The van der Waals surface area contributed by atoms with E-state index in [1.165, 1.54) is 5.01 Å². The third-order valence-corrected chi connectivity index (χ3v) is 4.27. The average Bonchev–Trinajstić information content (AvgIpc) is 2.90. The van der Waals surface area contributed by atoms with Crippen molar-refractivity contribution in [2.45, 2.75) is 44.6 Å². The van der Waals surface area contributed by atoms with Crippen LogP contribution >= 0.6 is 11.3 Å². The molecule has 2 atom stereocenters. The Balaban J connectivity index is 1.96. The van der Waals surface area contributed by atoms with E-state index in [-0.39, 0.29) is 0 Å². The molecule has 16 heavy (non-hydrogen) atoms. The Morgan fingerprint density at radius 2 is 2.31 bits per heavy atom. The van der Waals surface area contributed by atoms with Crippen molar-refractivity contribution < 1.29 is 0 Å². The number of hydrogen-bond donors (Lipinski definition) is 1. The van der Waals surface area contributed by atoms with Gasteiger partial charge in [0.05, 0.1) is 0 Å². The summed E-state index contributed by atoms with van der Waals surface area (Å²) < 4.78 is 1.88. The minimum Gasteiger partial charge on any atom is -0.328 e. The number of aryl methyl sites for hydroxylation is 1. The summed E-state index contributed by atoms with van der Waals surface area (Å²) in [7, 11) is 0. The van der Waals surface area contributed by atoms with E-state index in [9.17, 15) is 0 Å². The quantitative estimate of drug-likeness (QED) is 0.855. The summed E-state index contributed by atoms with van der Waals surface area (Å²) in [6.45, 7) is 2.07. The van der Waals surface area contributed by atoms with E-state index < -0.39 is 0 Å². The molecule has 0 aliphatic heterocycles. The Bertz CT molecular complexity index is 502. The van der Waals surface area contributed by atoms with Gasteiger partial charge in [0.25, 0.3) is 0 Å². The second-order valence-electron chi connectivity index (χ2n) is 4.37. The van der Waals surface area contributed by atoms with Crippen LogP contribution in [0.3, 0.4) is 0 Å². The normalized spacial score (nSPS) is 25.6. The van der Waals surface area contributed by atoms with Gasteiger partial charge in [-0.1, -0.05) is 18.3 Å². The van der Waals surface area contributed by atoms with E-state index in [0.29, 0.717) is 12.0 Å². The molecule has 2 aromatic heterocycles. The number of nitrogens with two attached hydrogens (primary N) is 1. The Kier molecular flexibility index (Phi) is 2.40. The van der Waals surface area contributed by atoms with Crippen molar-refractivity contribution in [2.24, 2.45) is 5.73 Å². The highest BCUT2D eigenvalue weighted by Crippen LogP contribution is 2.35. The average molecular weight is 237 g/mol. The first-order valence-electron chi connectivity index (χ1n) is 5.74. The highest BCUT2D eigenvalue weighted by Gasteiger charge is 2.26. The topological polar surface area (TPSA) is 69.1 Å².